The largest absolute Gasteiger partial charge is 0.396 e. The fourth-order valence-corrected chi connectivity index (χ4v) is 3.37. The lowest BCUT2D eigenvalue weighted by Crippen LogP contribution is -2.63. The highest BCUT2D eigenvalue weighted by Crippen LogP contribution is 2.33. The molecule has 3 N–H and O–H groups in total. The van der Waals surface area contributed by atoms with Crippen LogP contribution in [0.1, 0.15) is 25.7 Å². The van der Waals surface area contributed by atoms with Crippen molar-refractivity contribution in [3.05, 3.63) is 36.0 Å². The number of allylic oxidation sites excluding steroid dienone is 3. The third-order valence-electron chi connectivity index (χ3n) is 4.22. The van der Waals surface area contributed by atoms with Crippen LogP contribution in [0.5, 0.6) is 0 Å². The summed E-state index contributed by atoms with van der Waals surface area (Å²) in [4.78, 5) is 0. The molecule has 0 aromatic heterocycles. The quantitative estimate of drug-likeness (QED) is 0.658. The highest BCUT2D eigenvalue weighted by atomic mass is 16.2. The molecule has 1 aliphatic heterocycles. The van der Waals surface area contributed by atoms with Crippen molar-refractivity contribution in [1.82, 2.24) is 10.6 Å². The summed E-state index contributed by atoms with van der Waals surface area (Å²) in [5, 5.41) is 16.3. The Hall–Kier alpha value is -0.900. The van der Waals surface area contributed by atoms with Crippen LogP contribution in [0.2, 0.25) is 0 Å². The van der Waals surface area contributed by atoms with Crippen LogP contribution in [0.3, 0.4) is 0 Å². The SMILES string of the molecule is OCCCCC1NC2C=CC=C3C=CCC(N1)C32. The van der Waals surface area contributed by atoms with Crippen molar-refractivity contribution in [3.63, 3.8) is 0 Å². The van der Waals surface area contributed by atoms with E-state index in [9.17, 15) is 0 Å². The van der Waals surface area contributed by atoms with Gasteiger partial charge in [-0.25, -0.2) is 0 Å². The van der Waals surface area contributed by atoms with Gasteiger partial charge in [-0.05, 0) is 31.3 Å². The van der Waals surface area contributed by atoms with Gasteiger partial charge in [-0.3, -0.25) is 10.6 Å². The average molecular weight is 246 g/mol. The molecule has 4 unspecified atom stereocenters. The second-order valence-corrected chi connectivity index (χ2v) is 5.45. The van der Waals surface area contributed by atoms with Crippen LogP contribution in [0.25, 0.3) is 0 Å². The monoisotopic (exact) mass is 246 g/mol. The number of nitrogens with one attached hydrogen (secondary N) is 2. The molecule has 1 saturated heterocycles. The van der Waals surface area contributed by atoms with Crippen molar-refractivity contribution >= 4 is 0 Å². The van der Waals surface area contributed by atoms with E-state index < -0.39 is 0 Å². The molecule has 4 atom stereocenters. The maximum absolute atomic E-state index is 8.86. The Morgan fingerprint density at radius 1 is 1.28 bits per heavy atom. The Balaban J connectivity index is 1.67. The number of hydrogen-bond donors (Lipinski definition) is 3. The van der Waals surface area contributed by atoms with Gasteiger partial charge in [0.05, 0.1) is 6.17 Å². The van der Waals surface area contributed by atoms with Gasteiger partial charge in [0.1, 0.15) is 0 Å². The number of aliphatic hydroxyl groups excluding tert-OH is 1. The van der Waals surface area contributed by atoms with Crippen molar-refractivity contribution in [2.45, 2.75) is 43.9 Å². The minimum Gasteiger partial charge on any atom is -0.396 e. The van der Waals surface area contributed by atoms with E-state index in [0.29, 0.717) is 30.8 Å². The maximum Gasteiger partial charge on any atom is 0.0578 e. The molecule has 1 heterocycles. The predicted molar refractivity (Wildman–Crippen MR) is 73.0 cm³/mol. The van der Waals surface area contributed by atoms with Crippen LogP contribution in [0.15, 0.2) is 36.0 Å². The zero-order valence-electron chi connectivity index (χ0n) is 10.7. The molecule has 98 valence electrons. The fourth-order valence-electron chi connectivity index (χ4n) is 3.37. The summed E-state index contributed by atoms with van der Waals surface area (Å²) in [5.41, 5.74) is 1.45. The lowest BCUT2D eigenvalue weighted by molar-refractivity contribution is 0.191. The Morgan fingerprint density at radius 2 is 2.22 bits per heavy atom. The minimum atomic E-state index is 0.303. The lowest BCUT2D eigenvalue weighted by atomic mass is 9.75. The Morgan fingerprint density at radius 3 is 3.11 bits per heavy atom. The molecule has 1 fully saturated rings. The predicted octanol–water partition coefficient (Wildman–Crippen LogP) is 1.48. The van der Waals surface area contributed by atoms with E-state index in [1.165, 1.54) is 5.57 Å². The molecule has 3 rings (SSSR count). The Kier molecular flexibility index (Phi) is 3.64. The fraction of sp³-hybridized carbons (Fsp3) is 0.600. The highest BCUT2D eigenvalue weighted by Gasteiger charge is 2.38. The number of hydrogen-bond acceptors (Lipinski definition) is 3. The Labute approximate surface area is 109 Å². The number of aliphatic hydroxyl groups is 1. The molecule has 0 radical (unpaired) electrons. The number of rotatable bonds is 4. The first kappa shape index (κ1) is 12.2. The molecule has 0 amide bonds. The highest BCUT2D eigenvalue weighted by molar-refractivity contribution is 5.38. The van der Waals surface area contributed by atoms with Gasteiger partial charge >= 0.3 is 0 Å². The average Bonchev–Trinajstić information content (AvgIpc) is 2.40. The molecule has 0 aromatic rings. The first-order valence-electron chi connectivity index (χ1n) is 7.06. The van der Waals surface area contributed by atoms with E-state index in [1.54, 1.807) is 0 Å². The van der Waals surface area contributed by atoms with E-state index in [0.717, 1.165) is 25.7 Å². The third kappa shape index (κ3) is 2.30. The summed E-state index contributed by atoms with van der Waals surface area (Å²) in [7, 11) is 0. The normalized spacial score (nSPS) is 37.3. The van der Waals surface area contributed by atoms with Gasteiger partial charge < -0.3 is 5.11 Å². The van der Waals surface area contributed by atoms with Crippen LogP contribution in [-0.4, -0.2) is 30.0 Å². The third-order valence-corrected chi connectivity index (χ3v) is 4.22. The summed E-state index contributed by atoms with van der Waals surface area (Å²) < 4.78 is 0. The van der Waals surface area contributed by atoms with E-state index in [-0.39, 0.29) is 0 Å². The molecule has 0 saturated carbocycles. The minimum absolute atomic E-state index is 0.303. The van der Waals surface area contributed by atoms with Crippen LogP contribution in [-0.2, 0) is 0 Å². The summed E-state index contributed by atoms with van der Waals surface area (Å²) in [6, 6.07) is 1.04. The molecule has 3 aliphatic rings. The van der Waals surface area contributed by atoms with Crippen LogP contribution in [0, 0.1) is 5.92 Å². The molecular weight excluding hydrogens is 224 g/mol. The zero-order valence-corrected chi connectivity index (χ0v) is 10.7. The van der Waals surface area contributed by atoms with Crippen molar-refractivity contribution in [1.29, 1.82) is 0 Å². The van der Waals surface area contributed by atoms with Crippen molar-refractivity contribution in [2.24, 2.45) is 5.92 Å². The van der Waals surface area contributed by atoms with Gasteiger partial charge in [0.25, 0.3) is 0 Å². The number of unbranched alkanes of at least 4 members (excludes halogenated alkanes) is 1. The molecule has 0 aromatic carbocycles. The summed E-state index contributed by atoms with van der Waals surface area (Å²) in [5.74, 6) is 0.592. The van der Waals surface area contributed by atoms with E-state index in [1.807, 2.05) is 0 Å². The Bertz CT molecular complexity index is 386. The zero-order chi connectivity index (χ0) is 12.4. The summed E-state index contributed by atoms with van der Waals surface area (Å²) in [6.07, 6.45) is 15.8. The van der Waals surface area contributed by atoms with Crippen LogP contribution >= 0.6 is 0 Å². The van der Waals surface area contributed by atoms with Crippen molar-refractivity contribution in [2.75, 3.05) is 6.61 Å². The van der Waals surface area contributed by atoms with Crippen molar-refractivity contribution < 1.29 is 5.11 Å². The first-order valence-corrected chi connectivity index (χ1v) is 7.06. The van der Waals surface area contributed by atoms with Crippen molar-refractivity contribution in [3.8, 4) is 0 Å². The van der Waals surface area contributed by atoms with Gasteiger partial charge in [-0.1, -0.05) is 30.4 Å². The van der Waals surface area contributed by atoms with Gasteiger partial charge in [0.15, 0.2) is 0 Å². The molecule has 2 aliphatic carbocycles. The van der Waals surface area contributed by atoms with E-state index in [4.69, 9.17) is 5.11 Å². The van der Waals surface area contributed by atoms with Crippen LogP contribution in [0.4, 0.5) is 0 Å². The molecule has 18 heavy (non-hydrogen) atoms. The molecule has 0 spiro atoms. The van der Waals surface area contributed by atoms with Gasteiger partial charge in [-0.2, -0.15) is 0 Å². The van der Waals surface area contributed by atoms with Gasteiger partial charge in [0.2, 0.25) is 0 Å². The van der Waals surface area contributed by atoms with E-state index >= 15 is 0 Å². The summed E-state index contributed by atoms with van der Waals surface area (Å²) in [6.45, 7) is 0.303. The second kappa shape index (κ2) is 5.39. The smallest absolute Gasteiger partial charge is 0.0578 e. The molecular formula is C15H22N2O. The van der Waals surface area contributed by atoms with E-state index in [2.05, 4.69) is 41.0 Å². The summed E-state index contributed by atoms with van der Waals surface area (Å²) >= 11 is 0. The molecule has 3 heteroatoms. The van der Waals surface area contributed by atoms with Gasteiger partial charge in [0, 0.05) is 24.6 Å². The lowest BCUT2D eigenvalue weighted by Gasteiger charge is -2.46. The second-order valence-electron chi connectivity index (χ2n) is 5.45. The first-order chi connectivity index (χ1) is 8.88. The van der Waals surface area contributed by atoms with Crippen LogP contribution < -0.4 is 10.6 Å². The molecule has 3 nitrogen and oxygen atoms in total. The maximum atomic E-state index is 8.86. The standard InChI is InChI=1S/C15H22N2O/c18-10-2-1-9-14-16-12-7-3-5-11-6-4-8-13(17-14)15(11)12/h3-7,12-18H,1-2,8-10H2. The molecule has 0 bridgehead atoms. The van der Waals surface area contributed by atoms with Gasteiger partial charge in [-0.15, -0.1) is 0 Å². The topological polar surface area (TPSA) is 44.3 Å².